The van der Waals surface area contributed by atoms with Crippen LogP contribution < -0.4 is 4.74 Å². The minimum atomic E-state index is -0.953. The lowest BCUT2D eigenvalue weighted by atomic mass is 9.74. The smallest absolute Gasteiger partial charge is 0.309 e. The van der Waals surface area contributed by atoms with Crippen molar-refractivity contribution >= 4 is 28.5 Å². The molecule has 0 amide bonds. The molecule has 0 spiro atoms. The molecule has 1 aromatic heterocycles. The highest BCUT2D eigenvalue weighted by Crippen LogP contribution is 2.41. The van der Waals surface area contributed by atoms with Crippen LogP contribution in [-0.4, -0.2) is 52.8 Å². The molecular formula is C28H31ClF2N2O4. The van der Waals surface area contributed by atoms with Crippen LogP contribution in [0.1, 0.15) is 49.3 Å². The number of fused-ring (bicyclic) bond motifs is 1. The average molecular weight is 533 g/mol. The van der Waals surface area contributed by atoms with E-state index in [4.69, 9.17) is 16.3 Å². The number of pyridine rings is 1. The number of carboxylic acid groups (broad SMARTS) is 1. The molecule has 1 fully saturated rings. The molecule has 198 valence electrons. The Balaban J connectivity index is 1.37. The van der Waals surface area contributed by atoms with Gasteiger partial charge in [-0.1, -0.05) is 11.6 Å². The summed E-state index contributed by atoms with van der Waals surface area (Å²) in [5, 5.41) is 22.2. The van der Waals surface area contributed by atoms with E-state index in [-0.39, 0.29) is 6.42 Å². The summed E-state index contributed by atoms with van der Waals surface area (Å²) < 4.78 is 32.1. The van der Waals surface area contributed by atoms with Crippen LogP contribution in [0.25, 0.3) is 10.9 Å². The largest absolute Gasteiger partial charge is 0.497 e. The van der Waals surface area contributed by atoms with E-state index < -0.39 is 29.1 Å². The summed E-state index contributed by atoms with van der Waals surface area (Å²) in [6.07, 6.45) is 3.29. The number of hydrogen-bond acceptors (Lipinski definition) is 5. The van der Waals surface area contributed by atoms with Crippen LogP contribution in [0.2, 0.25) is 5.02 Å². The number of carboxylic acids is 1. The number of aromatic nitrogens is 1. The van der Waals surface area contributed by atoms with E-state index in [0.29, 0.717) is 71.6 Å². The van der Waals surface area contributed by atoms with Crippen molar-refractivity contribution in [3.05, 3.63) is 70.4 Å². The van der Waals surface area contributed by atoms with Crippen LogP contribution in [0.5, 0.6) is 5.75 Å². The second-order valence-electron chi connectivity index (χ2n) is 9.77. The number of aliphatic carboxylic acids is 1. The topological polar surface area (TPSA) is 82.9 Å². The number of ether oxygens (including phenoxy) is 1. The van der Waals surface area contributed by atoms with Gasteiger partial charge in [0.2, 0.25) is 0 Å². The highest BCUT2D eigenvalue weighted by Gasteiger charge is 2.41. The molecule has 1 unspecified atom stereocenters. The first-order valence-electron chi connectivity index (χ1n) is 12.4. The number of piperidine rings is 1. The fourth-order valence-corrected chi connectivity index (χ4v) is 5.50. The van der Waals surface area contributed by atoms with Gasteiger partial charge in [0.1, 0.15) is 17.4 Å². The van der Waals surface area contributed by atoms with E-state index in [1.807, 2.05) is 0 Å². The van der Waals surface area contributed by atoms with Crippen LogP contribution in [0.4, 0.5) is 8.78 Å². The normalized spacial score (nSPS) is 16.6. The zero-order valence-electron chi connectivity index (χ0n) is 20.7. The number of rotatable bonds is 10. The maximum absolute atomic E-state index is 13.4. The van der Waals surface area contributed by atoms with Crippen LogP contribution in [0.15, 0.2) is 42.6 Å². The van der Waals surface area contributed by atoms with Gasteiger partial charge in [0.15, 0.2) is 0 Å². The average Bonchev–Trinajstić information content (AvgIpc) is 2.87. The van der Waals surface area contributed by atoms with Crippen molar-refractivity contribution in [1.29, 1.82) is 0 Å². The first kappa shape index (κ1) is 27.2. The van der Waals surface area contributed by atoms with Crippen LogP contribution in [0.3, 0.4) is 0 Å². The Hall–Kier alpha value is -2.81. The molecule has 0 saturated carbocycles. The Bertz CT molecular complexity index is 1240. The summed E-state index contributed by atoms with van der Waals surface area (Å²) in [5.74, 6) is -1.41. The second kappa shape index (κ2) is 11.7. The lowest BCUT2D eigenvalue weighted by Gasteiger charge is -2.39. The molecule has 4 rings (SSSR count). The number of carbonyl (C=O) groups is 1. The highest BCUT2D eigenvalue weighted by atomic mass is 35.5. The molecule has 1 saturated heterocycles. The van der Waals surface area contributed by atoms with Crippen molar-refractivity contribution in [2.45, 2.75) is 44.6 Å². The summed E-state index contributed by atoms with van der Waals surface area (Å²) in [7, 11) is 1.56. The number of aliphatic hydroxyl groups excluding tert-OH is 1. The highest BCUT2D eigenvalue weighted by molar-refractivity contribution is 6.32. The minimum absolute atomic E-state index is 0.244. The van der Waals surface area contributed by atoms with Gasteiger partial charge in [0.25, 0.3) is 0 Å². The molecule has 6 nitrogen and oxygen atoms in total. The summed E-state index contributed by atoms with van der Waals surface area (Å²) in [5.41, 5.74) is 0.873. The Morgan fingerprint density at radius 3 is 2.54 bits per heavy atom. The van der Waals surface area contributed by atoms with Crippen molar-refractivity contribution in [3.8, 4) is 5.75 Å². The quantitative estimate of drug-likeness (QED) is 0.344. The predicted molar refractivity (Wildman–Crippen MR) is 138 cm³/mol. The number of nitrogens with zero attached hydrogens (tertiary/aromatic N) is 2. The summed E-state index contributed by atoms with van der Waals surface area (Å²) >= 11 is 6.41. The van der Waals surface area contributed by atoms with E-state index in [1.54, 1.807) is 25.3 Å². The zero-order valence-corrected chi connectivity index (χ0v) is 21.5. The Morgan fingerprint density at radius 1 is 1.19 bits per heavy atom. The van der Waals surface area contributed by atoms with E-state index in [1.165, 1.54) is 18.3 Å². The molecule has 2 aromatic carbocycles. The summed E-state index contributed by atoms with van der Waals surface area (Å²) in [6, 6.07) is 8.89. The predicted octanol–water partition coefficient (Wildman–Crippen LogP) is 5.79. The maximum atomic E-state index is 13.4. The first-order chi connectivity index (χ1) is 17.7. The standard InChI is InChI=1S/C28H31ClF2N2O4/c1-37-21-4-5-24-22(16-21)26(23(29)17-32-24)25(34)6-7-28(27(35)36)8-11-33(12-9-28)10-2-3-18-13-19(30)15-20(31)14-18/h4-5,13-17,25,34H,2-3,6-12H2,1H3,(H,35,36). The fourth-order valence-electron chi connectivity index (χ4n) is 5.23. The molecule has 1 atom stereocenters. The van der Waals surface area contributed by atoms with E-state index in [0.717, 1.165) is 19.0 Å². The summed E-state index contributed by atoms with van der Waals surface area (Å²) in [6.45, 7) is 1.93. The van der Waals surface area contributed by atoms with Crippen LogP contribution in [-0.2, 0) is 11.2 Å². The molecule has 3 aromatic rings. The lowest BCUT2D eigenvalue weighted by Crippen LogP contribution is -2.44. The van der Waals surface area contributed by atoms with Crippen molar-refractivity contribution in [3.63, 3.8) is 0 Å². The number of likely N-dealkylation sites (tertiary alicyclic amines) is 1. The molecule has 0 radical (unpaired) electrons. The Morgan fingerprint density at radius 2 is 1.89 bits per heavy atom. The lowest BCUT2D eigenvalue weighted by molar-refractivity contribution is -0.153. The molecule has 9 heteroatoms. The number of benzene rings is 2. The third-order valence-corrected chi connectivity index (χ3v) is 7.73. The van der Waals surface area contributed by atoms with Gasteiger partial charge in [0.05, 0.1) is 29.2 Å². The number of halogens is 3. The van der Waals surface area contributed by atoms with Gasteiger partial charge in [0, 0.05) is 23.2 Å². The minimum Gasteiger partial charge on any atom is -0.497 e. The van der Waals surface area contributed by atoms with Crippen molar-refractivity contribution < 1.29 is 28.5 Å². The van der Waals surface area contributed by atoms with E-state index in [9.17, 15) is 23.8 Å². The molecular weight excluding hydrogens is 502 g/mol. The van der Waals surface area contributed by atoms with E-state index in [2.05, 4.69) is 9.88 Å². The zero-order chi connectivity index (χ0) is 26.6. The molecule has 2 heterocycles. The Kier molecular flexibility index (Phi) is 8.62. The fraction of sp³-hybridized carbons (Fsp3) is 0.429. The molecule has 0 bridgehead atoms. The van der Waals surface area contributed by atoms with Gasteiger partial charge in [-0.25, -0.2) is 8.78 Å². The van der Waals surface area contributed by atoms with Crippen LogP contribution >= 0.6 is 11.6 Å². The van der Waals surface area contributed by atoms with E-state index >= 15 is 0 Å². The third-order valence-electron chi connectivity index (χ3n) is 7.43. The van der Waals surface area contributed by atoms with Gasteiger partial charge in [-0.2, -0.15) is 0 Å². The molecule has 1 aliphatic heterocycles. The van der Waals surface area contributed by atoms with Crippen molar-refractivity contribution in [1.82, 2.24) is 9.88 Å². The van der Waals surface area contributed by atoms with Gasteiger partial charge in [-0.05, 0) is 94.1 Å². The number of hydrogen-bond donors (Lipinski definition) is 2. The van der Waals surface area contributed by atoms with Gasteiger partial charge in [-0.15, -0.1) is 0 Å². The first-order valence-corrected chi connectivity index (χ1v) is 12.8. The Labute approximate surface area is 219 Å². The van der Waals surface area contributed by atoms with Gasteiger partial charge < -0.3 is 19.8 Å². The molecule has 2 N–H and O–H groups in total. The maximum Gasteiger partial charge on any atom is 0.309 e. The molecule has 0 aliphatic carbocycles. The van der Waals surface area contributed by atoms with Gasteiger partial charge >= 0.3 is 5.97 Å². The number of methoxy groups -OCH3 is 1. The third kappa shape index (κ3) is 6.37. The number of aliphatic hydroxyl groups is 1. The monoisotopic (exact) mass is 532 g/mol. The second-order valence-corrected chi connectivity index (χ2v) is 10.2. The van der Waals surface area contributed by atoms with Gasteiger partial charge in [-0.3, -0.25) is 9.78 Å². The number of aryl methyl sites for hydroxylation is 1. The van der Waals surface area contributed by atoms with Crippen LogP contribution in [0, 0.1) is 17.0 Å². The molecule has 1 aliphatic rings. The van der Waals surface area contributed by atoms with Crippen molar-refractivity contribution in [2.75, 3.05) is 26.7 Å². The van der Waals surface area contributed by atoms with Crippen molar-refractivity contribution in [2.24, 2.45) is 5.41 Å². The molecule has 37 heavy (non-hydrogen) atoms. The summed E-state index contributed by atoms with van der Waals surface area (Å²) in [4.78, 5) is 18.8. The SMILES string of the molecule is COc1ccc2ncc(Cl)c(C(O)CCC3(C(=O)O)CCN(CCCc4cc(F)cc(F)c4)CC3)c2c1.